The van der Waals surface area contributed by atoms with Crippen molar-refractivity contribution in [2.24, 2.45) is 5.73 Å². The molecule has 0 aliphatic carbocycles. The maximum Gasteiger partial charge on any atom is 0.234 e. The second-order valence-electron chi connectivity index (χ2n) is 4.43. The maximum absolute atomic E-state index is 11.0. The van der Waals surface area contributed by atoms with Gasteiger partial charge in [-0.3, -0.25) is 4.79 Å². The van der Waals surface area contributed by atoms with Gasteiger partial charge in [0.2, 0.25) is 5.91 Å². The van der Waals surface area contributed by atoms with Crippen LogP contribution in [0.25, 0.3) is 0 Å². The molecule has 0 fully saturated rings. The van der Waals surface area contributed by atoms with Crippen LogP contribution in [-0.2, 0) is 4.79 Å². The van der Waals surface area contributed by atoms with Crippen LogP contribution in [0.2, 0.25) is 0 Å². The molecule has 0 saturated carbocycles. The Morgan fingerprint density at radius 2 is 2.06 bits per heavy atom. The van der Waals surface area contributed by atoms with Crippen molar-refractivity contribution in [1.29, 1.82) is 0 Å². The van der Waals surface area contributed by atoms with Gasteiger partial charge in [-0.25, -0.2) is 0 Å². The van der Waals surface area contributed by atoms with Crippen LogP contribution in [0.3, 0.4) is 0 Å². The Kier molecular flexibility index (Phi) is 6.22. The molecule has 18 heavy (non-hydrogen) atoms. The summed E-state index contributed by atoms with van der Waals surface area (Å²) in [4.78, 5) is 13.2. The zero-order valence-corrected chi connectivity index (χ0v) is 11.2. The molecule has 0 radical (unpaired) electrons. The van der Waals surface area contributed by atoms with Crippen molar-refractivity contribution in [2.45, 2.75) is 25.8 Å². The van der Waals surface area contributed by atoms with Crippen LogP contribution in [0.4, 0.5) is 5.69 Å². The Balaban J connectivity index is 2.24. The minimum Gasteiger partial charge on any atom is -0.375 e. The van der Waals surface area contributed by atoms with E-state index in [2.05, 4.69) is 29.4 Å². The molecular formula is C14H23N3O. The van der Waals surface area contributed by atoms with Crippen molar-refractivity contribution < 1.29 is 4.79 Å². The largest absolute Gasteiger partial charge is 0.375 e. The zero-order chi connectivity index (χ0) is 13.4. The molecule has 0 aromatic heterocycles. The van der Waals surface area contributed by atoms with E-state index in [-0.39, 0.29) is 11.9 Å². The number of hydrogen-bond donors (Lipinski definition) is 2. The molecule has 0 heterocycles. The summed E-state index contributed by atoms with van der Waals surface area (Å²) >= 11 is 0. The van der Waals surface area contributed by atoms with Gasteiger partial charge >= 0.3 is 0 Å². The molecule has 1 rings (SSSR count). The highest BCUT2D eigenvalue weighted by Gasteiger charge is 2.10. The molecule has 0 bridgehead atoms. The number of carbonyl (C=O) groups is 1. The molecule has 1 aromatic carbocycles. The maximum atomic E-state index is 11.0. The lowest BCUT2D eigenvalue weighted by molar-refractivity contribution is -0.120. The van der Waals surface area contributed by atoms with E-state index in [1.807, 2.05) is 25.1 Å². The molecule has 4 nitrogen and oxygen atoms in total. The summed E-state index contributed by atoms with van der Waals surface area (Å²) in [7, 11) is 2.07. The second kappa shape index (κ2) is 7.71. The molecule has 0 spiro atoms. The van der Waals surface area contributed by atoms with Crippen LogP contribution in [0.1, 0.15) is 19.8 Å². The summed E-state index contributed by atoms with van der Waals surface area (Å²) in [6, 6.07) is 10.1. The molecule has 1 unspecified atom stereocenters. The quantitative estimate of drug-likeness (QED) is 0.684. The number of carbonyl (C=O) groups excluding carboxylic acids is 1. The highest BCUT2D eigenvalue weighted by atomic mass is 16.1. The van der Waals surface area contributed by atoms with Gasteiger partial charge in [0.15, 0.2) is 0 Å². The van der Waals surface area contributed by atoms with Crippen molar-refractivity contribution in [2.75, 3.05) is 25.0 Å². The number of benzene rings is 1. The lowest BCUT2D eigenvalue weighted by Gasteiger charge is -2.20. The topological polar surface area (TPSA) is 58.4 Å². The Labute approximate surface area is 109 Å². The van der Waals surface area contributed by atoms with E-state index in [1.165, 1.54) is 5.69 Å². The molecule has 100 valence electrons. The number of amides is 1. The van der Waals surface area contributed by atoms with Gasteiger partial charge in [-0.1, -0.05) is 25.1 Å². The molecule has 0 saturated heterocycles. The predicted molar refractivity (Wildman–Crippen MR) is 75.6 cm³/mol. The average molecular weight is 249 g/mol. The summed E-state index contributed by atoms with van der Waals surface area (Å²) in [6.45, 7) is 3.71. The van der Waals surface area contributed by atoms with Crippen LogP contribution in [0, 0.1) is 0 Å². The van der Waals surface area contributed by atoms with Gasteiger partial charge in [0.1, 0.15) is 0 Å². The molecule has 0 aliphatic rings. The van der Waals surface area contributed by atoms with Crippen molar-refractivity contribution in [3.8, 4) is 0 Å². The summed E-state index contributed by atoms with van der Waals surface area (Å²) in [5.74, 6) is -0.270. The molecule has 3 N–H and O–H groups in total. The molecule has 1 amide bonds. The highest BCUT2D eigenvalue weighted by molar-refractivity contribution is 5.79. The van der Waals surface area contributed by atoms with Crippen LogP contribution >= 0.6 is 0 Å². The third-order valence-corrected chi connectivity index (χ3v) is 3.01. The number of para-hydroxylation sites is 1. The van der Waals surface area contributed by atoms with E-state index in [0.717, 1.165) is 25.9 Å². The number of rotatable bonds is 8. The van der Waals surface area contributed by atoms with E-state index in [1.54, 1.807) is 0 Å². The molecule has 4 heteroatoms. The van der Waals surface area contributed by atoms with Gasteiger partial charge in [-0.15, -0.1) is 0 Å². The number of anilines is 1. The molecule has 0 aliphatic heterocycles. The standard InChI is InChI=1S/C14H23N3O/c1-3-13(14(15)18)16-10-7-11-17(2)12-8-5-4-6-9-12/h4-6,8-9,13,16H,3,7,10-11H2,1-2H3,(H2,15,18). The fourth-order valence-corrected chi connectivity index (χ4v) is 1.85. The van der Waals surface area contributed by atoms with Crippen LogP contribution in [0.5, 0.6) is 0 Å². The van der Waals surface area contributed by atoms with Gasteiger partial charge in [-0.2, -0.15) is 0 Å². The summed E-state index contributed by atoms with van der Waals surface area (Å²) in [5, 5.41) is 3.17. The predicted octanol–water partition coefficient (Wildman–Crippen LogP) is 1.37. The number of primary amides is 1. The molecule has 1 aromatic rings. The minimum atomic E-state index is -0.270. The first kappa shape index (κ1) is 14.5. The number of hydrogen-bond acceptors (Lipinski definition) is 3. The Hall–Kier alpha value is -1.55. The van der Waals surface area contributed by atoms with Gasteiger partial charge in [-0.05, 0) is 31.5 Å². The molecule has 1 atom stereocenters. The Bertz CT molecular complexity index is 353. The summed E-state index contributed by atoms with van der Waals surface area (Å²) in [6.07, 6.45) is 1.72. The molecular weight excluding hydrogens is 226 g/mol. The van der Waals surface area contributed by atoms with E-state index in [0.29, 0.717) is 0 Å². The SMILES string of the molecule is CCC(NCCCN(C)c1ccccc1)C(N)=O. The Morgan fingerprint density at radius 3 is 2.61 bits per heavy atom. The van der Waals surface area contributed by atoms with Gasteiger partial charge in [0, 0.05) is 19.3 Å². The zero-order valence-electron chi connectivity index (χ0n) is 11.2. The Morgan fingerprint density at radius 1 is 1.39 bits per heavy atom. The van der Waals surface area contributed by atoms with Gasteiger partial charge in [0.25, 0.3) is 0 Å². The first-order valence-corrected chi connectivity index (χ1v) is 6.44. The fraction of sp³-hybridized carbons (Fsp3) is 0.500. The fourth-order valence-electron chi connectivity index (χ4n) is 1.85. The smallest absolute Gasteiger partial charge is 0.234 e. The monoisotopic (exact) mass is 249 g/mol. The van der Waals surface area contributed by atoms with Crippen molar-refractivity contribution in [3.63, 3.8) is 0 Å². The third kappa shape index (κ3) is 4.75. The number of nitrogens with two attached hydrogens (primary N) is 1. The lowest BCUT2D eigenvalue weighted by Crippen LogP contribution is -2.41. The van der Waals surface area contributed by atoms with Crippen molar-refractivity contribution in [1.82, 2.24) is 5.32 Å². The minimum absolute atomic E-state index is 0.202. The number of nitrogens with one attached hydrogen (secondary N) is 1. The van der Waals surface area contributed by atoms with Crippen LogP contribution in [0.15, 0.2) is 30.3 Å². The van der Waals surface area contributed by atoms with Crippen LogP contribution < -0.4 is 16.0 Å². The normalized spacial score (nSPS) is 12.1. The second-order valence-corrected chi connectivity index (χ2v) is 4.43. The van der Waals surface area contributed by atoms with Crippen molar-refractivity contribution in [3.05, 3.63) is 30.3 Å². The summed E-state index contributed by atoms with van der Waals surface area (Å²) < 4.78 is 0. The lowest BCUT2D eigenvalue weighted by atomic mass is 10.2. The highest BCUT2D eigenvalue weighted by Crippen LogP contribution is 2.10. The van der Waals surface area contributed by atoms with E-state index >= 15 is 0 Å². The van der Waals surface area contributed by atoms with Crippen molar-refractivity contribution >= 4 is 11.6 Å². The third-order valence-electron chi connectivity index (χ3n) is 3.01. The van der Waals surface area contributed by atoms with Gasteiger partial charge < -0.3 is 16.0 Å². The van der Waals surface area contributed by atoms with E-state index in [4.69, 9.17) is 5.73 Å². The summed E-state index contributed by atoms with van der Waals surface area (Å²) in [5.41, 5.74) is 6.48. The van der Waals surface area contributed by atoms with E-state index in [9.17, 15) is 4.79 Å². The average Bonchev–Trinajstić information content (AvgIpc) is 2.39. The van der Waals surface area contributed by atoms with Gasteiger partial charge in [0.05, 0.1) is 6.04 Å². The first-order chi connectivity index (χ1) is 8.65. The first-order valence-electron chi connectivity index (χ1n) is 6.44. The number of nitrogens with zero attached hydrogens (tertiary/aromatic N) is 1. The van der Waals surface area contributed by atoms with E-state index < -0.39 is 0 Å². The van der Waals surface area contributed by atoms with Crippen LogP contribution in [-0.4, -0.2) is 32.1 Å².